The third kappa shape index (κ3) is 3.42. The molecular formula is C36H26N2. The molecule has 5 aromatic carbocycles. The lowest BCUT2D eigenvalue weighted by molar-refractivity contribution is 1.04. The van der Waals surface area contributed by atoms with E-state index < -0.39 is 0 Å². The first-order chi connectivity index (χ1) is 18.8. The van der Waals surface area contributed by atoms with Gasteiger partial charge in [0.1, 0.15) is 0 Å². The molecule has 0 saturated heterocycles. The fraction of sp³-hybridized carbons (Fsp3) is 0.0556. The Morgan fingerprint density at radius 3 is 1.39 bits per heavy atom. The van der Waals surface area contributed by atoms with Gasteiger partial charge in [-0.3, -0.25) is 0 Å². The Morgan fingerprint density at radius 2 is 0.895 bits per heavy atom. The number of aromatic amines is 2. The first kappa shape index (κ1) is 21.3. The summed E-state index contributed by atoms with van der Waals surface area (Å²) < 4.78 is 0. The predicted molar refractivity (Wildman–Crippen MR) is 162 cm³/mol. The summed E-state index contributed by atoms with van der Waals surface area (Å²) in [6, 6.07) is 37.7. The van der Waals surface area contributed by atoms with Gasteiger partial charge in [0.2, 0.25) is 0 Å². The van der Waals surface area contributed by atoms with Crippen LogP contribution in [0.5, 0.6) is 0 Å². The van der Waals surface area contributed by atoms with Crippen LogP contribution in [0.3, 0.4) is 0 Å². The van der Waals surface area contributed by atoms with E-state index in [9.17, 15) is 0 Å². The second-order valence-electron chi connectivity index (χ2n) is 10.3. The third-order valence-corrected chi connectivity index (χ3v) is 7.97. The zero-order valence-corrected chi connectivity index (χ0v) is 21.0. The number of aromatic nitrogens is 2. The van der Waals surface area contributed by atoms with Crippen molar-refractivity contribution < 1.29 is 0 Å². The second kappa shape index (κ2) is 8.36. The second-order valence-corrected chi connectivity index (χ2v) is 10.3. The fourth-order valence-corrected chi connectivity index (χ4v) is 5.97. The summed E-state index contributed by atoms with van der Waals surface area (Å²) in [6.07, 6.45) is 9.13. The van der Waals surface area contributed by atoms with Gasteiger partial charge in [-0.15, -0.1) is 0 Å². The van der Waals surface area contributed by atoms with Crippen LogP contribution in [0.15, 0.2) is 121 Å². The maximum absolute atomic E-state index is 3.62. The molecule has 7 aromatic rings. The fourth-order valence-electron chi connectivity index (χ4n) is 5.97. The molecule has 1 aliphatic rings. The summed E-state index contributed by atoms with van der Waals surface area (Å²) in [5, 5.41) is 5.06. The smallest absolute Gasteiger partial charge is 0.0465 e. The summed E-state index contributed by atoms with van der Waals surface area (Å²) in [5.74, 6) is 0. The molecule has 8 rings (SSSR count). The van der Waals surface area contributed by atoms with Gasteiger partial charge in [0.15, 0.2) is 0 Å². The van der Waals surface area contributed by atoms with Crippen LogP contribution < -0.4 is 0 Å². The number of nitrogens with one attached hydrogen (secondary N) is 2. The minimum atomic E-state index is 1.12. The van der Waals surface area contributed by atoms with Crippen molar-refractivity contribution in [1.29, 1.82) is 0 Å². The maximum Gasteiger partial charge on any atom is 0.0465 e. The standard InChI is InChI=1S/C36H26N2/c1-3-7-23(8-4-1)25-11-15-33-29(19-25)31-21-27(13-17-35(31)37-33)28-14-18-36-32(22-28)30-20-26(12-16-34(30)38-36)24-9-5-2-6-10-24/h1,3-5,7-22,37-38H,2,6H2. The number of fused-ring (bicyclic) bond motifs is 6. The monoisotopic (exact) mass is 486 g/mol. The van der Waals surface area contributed by atoms with E-state index in [0.717, 1.165) is 12.8 Å². The summed E-state index contributed by atoms with van der Waals surface area (Å²) in [7, 11) is 0. The van der Waals surface area contributed by atoms with E-state index in [-0.39, 0.29) is 0 Å². The summed E-state index contributed by atoms with van der Waals surface area (Å²) >= 11 is 0. The summed E-state index contributed by atoms with van der Waals surface area (Å²) in [6.45, 7) is 0. The molecule has 0 fully saturated rings. The lowest BCUT2D eigenvalue weighted by atomic mass is 9.97. The average molecular weight is 487 g/mol. The van der Waals surface area contributed by atoms with Crippen LogP contribution >= 0.6 is 0 Å². The van der Waals surface area contributed by atoms with Gasteiger partial charge in [-0.05, 0) is 94.8 Å². The van der Waals surface area contributed by atoms with Gasteiger partial charge >= 0.3 is 0 Å². The Labute approximate surface area is 220 Å². The van der Waals surface area contributed by atoms with Gasteiger partial charge in [0.25, 0.3) is 0 Å². The van der Waals surface area contributed by atoms with Gasteiger partial charge in [-0.1, -0.05) is 72.8 Å². The van der Waals surface area contributed by atoms with E-state index in [2.05, 4.69) is 131 Å². The van der Waals surface area contributed by atoms with Gasteiger partial charge in [0, 0.05) is 43.6 Å². The molecule has 0 amide bonds. The van der Waals surface area contributed by atoms with Gasteiger partial charge in [-0.2, -0.15) is 0 Å². The SMILES string of the molecule is C1=CC(c2ccc3[nH]c4ccc(-c5ccc6[nH]c7ccc(-c8ccccc8)cc7c6c5)cc4c3c2)=CCC1. The molecule has 0 unspecified atom stereocenters. The minimum Gasteiger partial charge on any atom is -0.355 e. The third-order valence-electron chi connectivity index (χ3n) is 7.97. The molecule has 0 saturated carbocycles. The number of hydrogen-bond acceptors (Lipinski definition) is 0. The van der Waals surface area contributed by atoms with Crippen molar-refractivity contribution in [3.8, 4) is 22.3 Å². The molecule has 2 aromatic heterocycles. The predicted octanol–water partition coefficient (Wildman–Crippen LogP) is 10.0. The molecule has 1 aliphatic carbocycles. The highest BCUT2D eigenvalue weighted by Crippen LogP contribution is 2.36. The highest BCUT2D eigenvalue weighted by Gasteiger charge is 2.11. The molecule has 38 heavy (non-hydrogen) atoms. The Morgan fingerprint density at radius 1 is 0.421 bits per heavy atom. The van der Waals surface area contributed by atoms with E-state index >= 15 is 0 Å². The lowest BCUT2D eigenvalue weighted by Crippen LogP contribution is -1.85. The minimum absolute atomic E-state index is 1.12. The van der Waals surface area contributed by atoms with Gasteiger partial charge in [-0.25, -0.2) is 0 Å². The van der Waals surface area contributed by atoms with E-state index in [4.69, 9.17) is 0 Å². The maximum atomic E-state index is 3.62. The van der Waals surface area contributed by atoms with Crippen LogP contribution in [-0.2, 0) is 0 Å². The van der Waals surface area contributed by atoms with E-state index in [1.54, 1.807) is 0 Å². The van der Waals surface area contributed by atoms with Crippen LogP contribution in [0.1, 0.15) is 18.4 Å². The number of hydrogen-bond donors (Lipinski definition) is 2. The molecule has 2 nitrogen and oxygen atoms in total. The zero-order chi connectivity index (χ0) is 25.1. The largest absolute Gasteiger partial charge is 0.355 e. The highest BCUT2D eigenvalue weighted by atomic mass is 14.7. The molecule has 2 heterocycles. The summed E-state index contributed by atoms with van der Waals surface area (Å²) in [4.78, 5) is 7.22. The molecule has 0 radical (unpaired) electrons. The van der Waals surface area contributed by atoms with Crippen molar-refractivity contribution in [3.05, 3.63) is 127 Å². The first-order valence-corrected chi connectivity index (χ1v) is 13.3. The van der Waals surface area contributed by atoms with E-state index in [0.29, 0.717) is 0 Å². The number of benzene rings is 5. The highest BCUT2D eigenvalue weighted by molar-refractivity contribution is 6.11. The molecule has 0 spiro atoms. The molecule has 2 N–H and O–H groups in total. The van der Waals surface area contributed by atoms with Crippen LogP contribution in [0, 0.1) is 0 Å². The van der Waals surface area contributed by atoms with Crippen molar-refractivity contribution in [2.75, 3.05) is 0 Å². The normalized spacial score (nSPS) is 13.6. The average Bonchev–Trinajstić information content (AvgIpc) is 3.54. The van der Waals surface area contributed by atoms with Crippen LogP contribution in [0.4, 0.5) is 0 Å². The molecule has 0 atom stereocenters. The first-order valence-electron chi connectivity index (χ1n) is 13.3. The Kier molecular flexibility index (Phi) is 4.68. The van der Waals surface area contributed by atoms with E-state index in [1.807, 2.05) is 0 Å². The van der Waals surface area contributed by atoms with Crippen molar-refractivity contribution in [3.63, 3.8) is 0 Å². The van der Waals surface area contributed by atoms with Crippen molar-refractivity contribution >= 4 is 49.2 Å². The molecule has 0 aliphatic heterocycles. The van der Waals surface area contributed by atoms with E-state index in [1.165, 1.54) is 77.0 Å². The number of rotatable bonds is 3. The Hall–Kier alpha value is -4.82. The zero-order valence-electron chi connectivity index (χ0n) is 21.0. The van der Waals surface area contributed by atoms with Gasteiger partial charge < -0.3 is 9.97 Å². The van der Waals surface area contributed by atoms with Crippen LogP contribution in [-0.4, -0.2) is 9.97 Å². The summed E-state index contributed by atoms with van der Waals surface area (Å²) in [5.41, 5.74) is 12.2. The Bertz CT molecular complexity index is 2070. The molecule has 180 valence electrons. The molecule has 2 heteroatoms. The lowest BCUT2D eigenvalue weighted by Gasteiger charge is -2.07. The van der Waals surface area contributed by atoms with Crippen LogP contribution in [0.25, 0.3) is 71.4 Å². The van der Waals surface area contributed by atoms with Crippen molar-refractivity contribution in [2.24, 2.45) is 0 Å². The van der Waals surface area contributed by atoms with Crippen molar-refractivity contribution in [2.45, 2.75) is 12.8 Å². The Balaban J connectivity index is 1.26. The molecular weight excluding hydrogens is 460 g/mol. The number of H-pyrrole nitrogens is 2. The van der Waals surface area contributed by atoms with Gasteiger partial charge in [0.05, 0.1) is 0 Å². The van der Waals surface area contributed by atoms with Crippen molar-refractivity contribution in [1.82, 2.24) is 9.97 Å². The number of allylic oxidation sites excluding steroid dienone is 4. The quantitative estimate of drug-likeness (QED) is 0.249. The topological polar surface area (TPSA) is 31.6 Å². The molecule has 0 bridgehead atoms. The van der Waals surface area contributed by atoms with Crippen LogP contribution in [0.2, 0.25) is 0 Å².